The van der Waals surface area contributed by atoms with Crippen LogP contribution in [0.4, 0.5) is 5.82 Å². The van der Waals surface area contributed by atoms with Crippen LogP contribution < -0.4 is 5.56 Å². The van der Waals surface area contributed by atoms with Crippen LogP contribution in [0.1, 0.15) is 11.3 Å². The van der Waals surface area contributed by atoms with Gasteiger partial charge in [-0.15, -0.1) is 0 Å². The number of fused-ring (bicyclic) bond motifs is 2. The van der Waals surface area contributed by atoms with Crippen LogP contribution in [0.3, 0.4) is 0 Å². The van der Waals surface area contributed by atoms with Crippen molar-refractivity contribution in [2.24, 2.45) is 4.99 Å². The lowest BCUT2D eigenvalue weighted by Crippen LogP contribution is -2.24. The van der Waals surface area contributed by atoms with E-state index in [0.717, 1.165) is 22.3 Å². The molecule has 0 amide bonds. The van der Waals surface area contributed by atoms with Gasteiger partial charge in [0.25, 0.3) is 5.56 Å². The Bertz CT molecular complexity index is 1870. The fourth-order valence-corrected chi connectivity index (χ4v) is 4.80. The van der Waals surface area contributed by atoms with Crippen LogP contribution in [0, 0.1) is 6.92 Å². The summed E-state index contributed by atoms with van der Waals surface area (Å²) in [4.78, 5) is 26.7. The van der Waals surface area contributed by atoms with Gasteiger partial charge in [-0.25, -0.2) is 19.6 Å². The van der Waals surface area contributed by atoms with Crippen molar-refractivity contribution in [3.05, 3.63) is 107 Å². The summed E-state index contributed by atoms with van der Waals surface area (Å²) in [6.07, 6.45) is 1.42. The number of nitrogens with zero attached hydrogens (tertiary/aromatic N) is 6. The second-order valence-corrected chi connectivity index (χ2v) is 8.76. The van der Waals surface area contributed by atoms with Crippen LogP contribution in [-0.2, 0) is 6.54 Å². The van der Waals surface area contributed by atoms with Crippen molar-refractivity contribution in [2.45, 2.75) is 13.5 Å². The summed E-state index contributed by atoms with van der Waals surface area (Å²) >= 11 is 0. The highest BCUT2D eigenvalue weighted by atomic mass is 16.3. The Hall–Kier alpha value is -5.11. The van der Waals surface area contributed by atoms with Gasteiger partial charge in [0.15, 0.2) is 11.5 Å². The fourth-order valence-electron chi connectivity index (χ4n) is 4.80. The molecule has 0 unspecified atom stereocenters. The third kappa shape index (κ3) is 3.75. The molecule has 3 aromatic carbocycles. The molecule has 0 radical (unpaired) electrons. The second-order valence-electron chi connectivity index (χ2n) is 8.76. The maximum atomic E-state index is 13.8. The third-order valence-corrected chi connectivity index (χ3v) is 6.44. The summed E-state index contributed by atoms with van der Waals surface area (Å²) in [6, 6.07) is 24.3. The van der Waals surface area contributed by atoms with Gasteiger partial charge < -0.3 is 5.11 Å². The first-order valence-electron chi connectivity index (χ1n) is 11.7. The molecule has 0 aliphatic rings. The van der Waals surface area contributed by atoms with E-state index in [0.29, 0.717) is 33.5 Å². The Balaban J connectivity index is 1.63. The molecule has 180 valence electrons. The van der Waals surface area contributed by atoms with E-state index in [1.54, 1.807) is 27.4 Å². The van der Waals surface area contributed by atoms with Crippen molar-refractivity contribution in [3.8, 4) is 22.7 Å². The molecule has 0 bridgehead atoms. The summed E-state index contributed by atoms with van der Waals surface area (Å²) in [6.45, 7) is 5.87. The average molecular weight is 487 g/mol. The Morgan fingerprint density at radius 1 is 0.946 bits per heavy atom. The molecule has 0 aliphatic carbocycles. The zero-order chi connectivity index (χ0) is 25.5. The summed E-state index contributed by atoms with van der Waals surface area (Å²) in [5, 5.41) is 17.1. The van der Waals surface area contributed by atoms with Gasteiger partial charge in [0.05, 0.1) is 17.3 Å². The first-order chi connectivity index (χ1) is 18.0. The third-order valence-electron chi connectivity index (χ3n) is 6.44. The Kier molecular flexibility index (Phi) is 5.34. The van der Waals surface area contributed by atoms with Crippen LogP contribution in [0.5, 0.6) is 5.75 Å². The molecule has 3 heterocycles. The Morgan fingerprint density at radius 3 is 2.54 bits per heavy atom. The zero-order valence-corrected chi connectivity index (χ0v) is 20.0. The van der Waals surface area contributed by atoms with Crippen molar-refractivity contribution >= 4 is 34.3 Å². The van der Waals surface area contributed by atoms with Gasteiger partial charge in [0.2, 0.25) is 0 Å². The van der Waals surface area contributed by atoms with Crippen molar-refractivity contribution in [1.29, 1.82) is 0 Å². The number of hydrogen-bond donors (Lipinski definition) is 1. The Labute approximate surface area is 211 Å². The monoisotopic (exact) mass is 486 g/mol. The van der Waals surface area contributed by atoms with Crippen LogP contribution in [-0.4, -0.2) is 36.1 Å². The number of hydrogen-bond acceptors (Lipinski definition) is 6. The van der Waals surface area contributed by atoms with Crippen LogP contribution >= 0.6 is 0 Å². The van der Waals surface area contributed by atoms with E-state index in [9.17, 15) is 9.90 Å². The zero-order valence-electron chi connectivity index (χ0n) is 20.0. The van der Waals surface area contributed by atoms with Crippen LogP contribution in [0.25, 0.3) is 38.8 Å². The number of aryl methyl sites for hydroxylation is 1. The number of pyridine rings is 1. The standard InChI is InChI=1S/C29H22N6O2/c1-18-8-6-9-19-14-22(35(29(37)24(18)19)21-11-4-3-5-12-21)16-34-28-25(27(30-2)31-17-32-28)26(33-34)20-10-7-13-23(36)15-20/h3-15,17,36H,2,16H2,1H3. The number of phenols is 1. The summed E-state index contributed by atoms with van der Waals surface area (Å²) in [5.74, 6) is 0.511. The minimum atomic E-state index is -0.0930. The number of aliphatic imine (C=N–C) groups is 1. The molecular weight excluding hydrogens is 464 g/mol. The molecule has 0 spiro atoms. The largest absolute Gasteiger partial charge is 0.508 e. The molecule has 8 heteroatoms. The molecule has 0 saturated heterocycles. The lowest BCUT2D eigenvalue weighted by molar-refractivity contribution is 0.475. The Morgan fingerprint density at radius 2 is 1.76 bits per heavy atom. The van der Waals surface area contributed by atoms with Gasteiger partial charge in [-0.05, 0) is 54.9 Å². The molecule has 37 heavy (non-hydrogen) atoms. The maximum absolute atomic E-state index is 13.8. The molecule has 0 fully saturated rings. The van der Waals surface area contributed by atoms with Gasteiger partial charge in [0, 0.05) is 16.9 Å². The molecule has 8 nitrogen and oxygen atoms in total. The minimum Gasteiger partial charge on any atom is -0.508 e. The highest BCUT2D eigenvalue weighted by Gasteiger charge is 2.20. The molecule has 0 saturated carbocycles. The lowest BCUT2D eigenvalue weighted by Gasteiger charge is -2.16. The molecule has 6 aromatic rings. The number of aromatic hydroxyl groups is 1. The maximum Gasteiger partial charge on any atom is 0.263 e. The minimum absolute atomic E-state index is 0.0930. The summed E-state index contributed by atoms with van der Waals surface area (Å²) in [5.41, 5.74) is 4.14. The van der Waals surface area contributed by atoms with E-state index in [-0.39, 0.29) is 17.9 Å². The van der Waals surface area contributed by atoms with E-state index in [1.165, 1.54) is 6.33 Å². The molecule has 0 atom stereocenters. The van der Waals surface area contributed by atoms with E-state index in [2.05, 4.69) is 21.7 Å². The van der Waals surface area contributed by atoms with Crippen molar-refractivity contribution < 1.29 is 5.11 Å². The average Bonchev–Trinajstić information content (AvgIpc) is 3.28. The topological polar surface area (TPSA) is 98.2 Å². The van der Waals surface area contributed by atoms with Gasteiger partial charge in [-0.3, -0.25) is 9.36 Å². The van der Waals surface area contributed by atoms with E-state index < -0.39 is 0 Å². The number of benzene rings is 3. The molecule has 6 rings (SSSR count). The van der Waals surface area contributed by atoms with E-state index >= 15 is 0 Å². The molecule has 1 N–H and O–H groups in total. The van der Waals surface area contributed by atoms with Gasteiger partial charge in [-0.2, -0.15) is 5.10 Å². The number of rotatable bonds is 5. The first kappa shape index (κ1) is 22.4. The molecular formula is C29H22N6O2. The smallest absolute Gasteiger partial charge is 0.263 e. The van der Waals surface area contributed by atoms with E-state index in [1.807, 2.05) is 67.6 Å². The number of para-hydroxylation sites is 1. The second kappa shape index (κ2) is 8.83. The number of aromatic nitrogens is 5. The summed E-state index contributed by atoms with van der Waals surface area (Å²) in [7, 11) is 0. The quantitative estimate of drug-likeness (QED) is 0.338. The molecule has 0 aliphatic heterocycles. The first-order valence-corrected chi connectivity index (χ1v) is 11.7. The van der Waals surface area contributed by atoms with Crippen LogP contribution in [0.15, 0.2) is 95.0 Å². The fraction of sp³-hybridized carbons (Fsp3) is 0.0690. The SMILES string of the molecule is C=Nc1ncnc2c1c(-c1cccc(O)c1)nn2Cc1cc2cccc(C)c2c(=O)n1-c1ccccc1. The van der Waals surface area contributed by atoms with Gasteiger partial charge in [0.1, 0.15) is 17.8 Å². The predicted molar refractivity (Wildman–Crippen MR) is 145 cm³/mol. The van der Waals surface area contributed by atoms with Crippen LogP contribution in [0.2, 0.25) is 0 Å². The highest BCUT2D eigenvalue weighted by molar-refractivity contribution is 5.98. The normalized spacial score (nSPS) is 11.3. The predicted octanol–water partition coefficient (Wildman–Crippen LogP) is 5.19. The summed E-state index contributed by atoms with van der Waals surface area (Å²) < 4.78 is 3.46. The number of phenolic OH excluding ortho intramolecular Hbond substituents is 1. The van der Waals surface area contributed by atoms with Gasteiger partial charge in [-0.1, -0.05) is 48.5 Å². The van der Waals surface area contributed by atoms with E-state index in [4.69, 9.17) is 5.10 Å². The highest BCUT2D eigenvalue weighted by Crippen LogP contribution is 2.34. The van der Waals surface area contributed by atoms with Crippen molar-refractivity contribution in [3.63, 3.8) is 0 Å². The van der Waals surface area contributed by atoms with Crippen molar-refractivity contribution in [2.75, 3.05) is 0 Å². The lowest BCUT2D eigenvalue weighted by atomic mass is 10.1. The van der Waals surface area contributed by atoms with Gasteiger partial charge >= 0.3 is 0 Å². The van der Waals surface area contributed by atoms with Crippen molar-refractivity contribution in [1.82, 2.24) is 24.3 Å². The molecule has 3 aromatic heterocycles.